The summed E-state index contributed by atoms with van der Waals surface area (Å²) < 4.78 is 12.9. The first-order chi connectivity index (χ1) is 23.3. The van der Waals surface area contributed by atoms with E-state index in [-0.39, 0.29) is 0 Å². The predicted molar refractivity (Wildman–Crippen MR) is 192 cm³/mol. The SMILES string of the molecule is c1ccc(-c2ccc(N(c3ccccc3-c3ccccc3)c3cccc4oc5cccc(-c6nc7ccccc7o6)c5c34)cc2)cc1. The predicted octanol–water partition coefficient (Wildman–Crippen LogP) is 12.2. The van der Waals surface area contributed by atoms with Crippen LogP contribution in [0.25, 0.3) is 66.7 Å². The van der Waals surface area contributed by atoms with Crippen molar-refractivity contribution in [2.24, 2.45) is 0 Å². The Morgan fingerprint density at radius 2 is 0.957 bits per heavy atom. The Morgan fingerprint density at radius 3 is 1.74 bits per heavy atom. The first-order valence-corrected chi connectivity index (χ1v) is 15.7. The maximum Gasteiger partial charge on any atom is 0.228 e. The average molecular weight is 605 g/mol. The molecule has 0 bridgehead atoms. The molecule has 0 unspecified atom stereocenters. The lowest BCUT2D eigenvalue weighted by Gasteiger charge is -2.28. The van der Waals surface area contributed by atoms with Crippen LogP contribution in [-0.2, 0) is 0 Å². The second-order valence-electron chi connectivity index (χ2n) is 11.5. The van der Waals surface area contributed by atoms with Gasteiger partial charge in [-0.15, -0.1) is 0 Å². The highest BCUT2D eigenvalue weighted by atomic mass is 16.3. The van der Waals surface area contributed by atoms with Gasteiger partial charge >= 0.3 is 0 Å². The van der Waals surface area contributed by atoms with Crippen molar-refractivity contribution in [2.45, 2.75) is 0 Å². The van der Waals surface area contributed by atoms with Gasteiger partial charge in [-0.3, -0.25) is 0 Å². The highest BCUT2D eigenvalue weighted by molar-refractivity contribution is 6.18. The molecule has 222 valence electrons. The van der Waals surface area contributed by atoms with Crippen molar-refractivity contribution in [3.8, 4) is 33.7 Å². The van der Waals surface area contributed by atoms with Gasteiger partial charge in [0.25, 0.3) is 0 Å². The van der Waals surface area contributed by atoms with Crippen molar-refractivity contribution in [2.75, 3.05) is 4.90 Å². The first kappa shape index (κ1) is 27.0. The molecule has 0 fully saturated rings. The van der Waals surface area contributed by atoms with Crippen LogP contribution in [0.3, 0.4) is 0 Å². The third-order valence-corrected chi connectivity index (χ3v) is 8.73. The summed E-state index contributed by atoms with van der Waals surface area (Å²) in [5.74, 6) is 0.567. The van der Waals surface area contributed by atoms with Crippen LogP contribution in [0.15, 0.2) is 179 Å². The van der Waals surface area contributed by atoms with Gasteiger partial charge in [0.15, 0.2) is 5.58 Å². The van der Waals surface area contributed by atoms with Crippen molar-refractivity contribution in [3.63, 3.8) is 0 Å². The third-order valence-electron chi connectivity index (χ3n) is 8.73. The Bertz CT molecular complexity index is 2480. The monoisotopic (exact) mass is 604 g/mol. The maximum absolute atomic E-state index is 6.55. The average Bonchev–Trinajstić information content (AvgIpc) is 3.75. The van der Waals surface area contributed by atoms with Gasteiger partial charge < -0.3 is 13.7 Å². The van der Waals surface area contributed by atoms with Crippen LogP contribution in [0.4, 0.5) is 17.1 Å². The fraction of sp³-hybridized carbons (Fsp3) is 0. The van der Waals surface area contributed by atoms with Crippen LogP contribution in [0.2, 0.25) is 0 Å². The second kappa shape index (κ2) is 11.2. The molecule has 0 spiro atoms. The number of benzene rings is 7. The van der Waals surface area contributed by atoms with E-state index >= 15 is 0 Å². The molecule has 4 heteroatoms. The Balaban J connectivity index is 1.32. The number of hydrogen-bond acceptors (Lipinski definition) is 4. The molecule has 9 rings (SSSR count). The van der Waals surface area contributed by atoms with Crippen molar-refractivity contribution in [1.82, 2.24) is 4.98 Å². The fourth-order valence-corrected chi connectivity index (χ4v) is 6.57. The molecule has 7 aromatic carbocycles. The summed E-state index contributed by atoms with van der Waals surface area (Å²) >= 11 is 0. The Morgan fingerprint density at radius 1 is 0.383 bits per heavy atom. The van der Waals surface area contributed by atoms with E-state index in [2.05, 4.69) is 126 Å². The van der Waals surface area contributed by atoms with E-state index in [1.54, 1.807) is 0 Å². The third kappa shape index (κ3) is 4.66. The second-order valence-corrected chi connectivity index (χ2v) is 11.5. The van der Waals surface area contributed by atoms with Crippen molar-refractivity contribution in [1.29, 1.82) is 0 Å². The number of furan rings is 1. The smallest absolute Gasteiger partial charge is 0.228 e. The van der Waals surface area contributed by atoms with Crippen LogP contribution < -0.4 is 4.90 Å². The highest BCUT2D eigenvalue weighted by Crippen LogP contribution is 2.47. The van der Waals surface area contributed by atoms with Crippen LogP contribution in [0.5, 0.6) is 0 Å². The number of hydrogen-bond donors (Lipinski definition) is 0. The van der Waals surface area contributed by atoms with Gasteiger partial charge in [0, 0.05) is 22.2 Å². The summed E-state index contributed by atoms with van der Waals surface area (Å²) in [4.78, 5) is 7.23. The number of nitrogens with zero attached hydrogens (tertiary/aromatic N) is 2. The molecule has 0 aliphatic carbocycles. The topological polar surface area (TPSA) is 42.4 Å². The molecular formula is C43H28N2O2. The van der Waals surface area contributed by atoms with E-state index in [4.69, 9.17) is 13.8 Å². The summed E-state index contributed by atoms with van der Waals surface area (Å²) in [6, 6.07) is 58.6. The lowest BCUT2D eigenvalue weighted by atomic mass is 9.99. The van der Waals surface area contributed by atoms with Crippen LogP contribution in [0.1, 0.15) is 0 Å². The number of oxazole rings is 1. The number of aromatic nitrogens is 1. The summed E-state index contributed by atoms with van der Waals surface area (Å²) in [6.45, 7) is 0. The maximum atomic E-state index is 6.55. The lowest BCUT2D eigenvalue weighted by molar-refractivity contribution is 0.620. The fourth-order valence-electron chi connectivity index (χ4n) is 6.57. The van der Waals surface area contributed by atoms with Crippen molar-refractivity contribution >= 4 is 50.1 Å². The molecule has 2 heterocycles. The van der Waals surface area contributed by atoms with Gasteiger partial charge in [-0.05, 0) is 71.3 Å². The minimum Gasteiger partial charge on any atom is -0.456 e. The molecule has 47 heavy (non-hydrogen) atoms. The van der Waals surface area contributed by atoms with Gasteiger partial charge in [0.1, 0.15) is 16.7 Å². The van der Waals surface area contributed by atoms with Crippen LogP contribution in [-0.4, -0.2) is 4.98 Å². The molecular weight excluding hydrogens is 576 g/mol. The molecule has 0 N–H and O–H groups in total. The molecule has 0 aliphatic heterocycles. The largest absolute Gasteiger partial charge is 0.456 e. The lowest BCUT2D eigenvalue weighted by Crippen LogP contribution is -2.11. The molecule has 9 aromatic rings. The van der Waals surface area contributed by atoms with E-state index in [1.165, 1.54) is 5.56 Å². The van der Waals surface area contributed by atoms with E-state index < -0.39 is 0 Å². The van der Waals surface area contributed by atoms with E-state index in [1.807, 2.05) is 48.5 Å². The standard InChI is InChI=1S/C43H28N2O2/c1-3-13-29(14-4-1)30-25-27-32(28-26-30)45(36-20-9-7-17-33(36)31-15-5-2-6-16-31)37-21-12-24-40-42(37)41-34(18-11-23-39(41)46-40)43-44-35-19-8-10-22-38(35)47-43/h1-28H. The van der Waals surface area contributed by atoms with Crippen molar-refractivity contribution < 1.29 is 8.83 Å². The van der Waals surface area contributed by atoms with E-state index in [0.29, 0.717) is 5.89 Å². The van der Waals surface area contributed by atoms with Gasteiger partial charge in [-0.25, -0.2) is 4.98 Å². The number of para-hydroxylation sites is 3. The normalized spacial score (nSPS) is 11.4. The molecule has 0 saturated heterocycles. The number of fused-ring (bicyclic) bond motifs is 4. The highest BCUT2D eigenvalue weighted by Gasteiger charge is 2.24. The van der Waals surface area contributed by atoms with Crippen LogP contribution in [0, 0.1) is 0 Å². The minimum atomic E-state index is 0.567. The summed E-state index contributed by atoms with van der Waals surface area (Å²) in [6.07, 6.45) is 0. The zero-order valence-corrected chi connectivity index (χ0v) is 25.4. The molecule has 0 atom stereocenters. The van der Waals surface area contributed by atoms with Gasteiger partial charge in [-0.2, -0.15) is 0 Å². The quantitative estimate of drug-likeness (QED) is 0.189. The molecule has 0 aliphatic rings. The molecule has 0 saturated carbocycles. The Hall–Kier alpha value is -6.39. The Kier molecular flexibility index (Phi) is 6.43. The summed E-state index contributed by atoms with van der Waals surface area (Å²) in [5, 5.41) is 1.96. The first-order valence-electron chi connectivity index (χ1n) is 15.7. The van der Waals surface area contributed by atoms with Crippen molar-refractivity contribution in [3.05, 3.63) is 170 Å². The summed E-state index contributed by atoms with van der Waals surface area (Å²) in [5.41, 5.74) is 11.8. The number of anilines is 3. The Labute approximate surface area is 271 Å². The zero-order chi connectivity index (χ0) is 31.2. The minimum absolute atomic E-state index is 0.567. The molecule has 2 aromatic heterocycles. The summed E-state index contributed by atoms with van der Waals surface area (Å²) in [7, 11) is 0. The zero-order valence-electron chi connectivity index (χ0n) is 25.4. The van der Waals surface area contributed by atoms with Gasteiger partial charge in [0.2, 0.25) is 5.89 Å². The van der Waals surface area contributed by atoms with Gasteiger partial charge in [-0.1, -0.05) is 115 Å². The van der Waals surface area contributed by atoms with Crippen LogP contribution >= 0.6 is 0 Å². The van der Waals surface area contributed by atoms with E-state index in [0.717, 1.165) is 72.4 Å². The molecule has 4 nitrogen and oxygen atoms in total. The van der Waals surface area contributed by atoms with Gasteiger partial charge in [0.05, 0.1) is 16.8 Å². The number of rotatable bonds is 6. The molecule has 0 radical (unpaired) electrons. The molecule has 0 amide bonds. The van der Waals surface area contributed by atoms with E-state index in [9.17, 15) is 0 Å².